The van der Waals surface area contributed by atoms with Crippen LogP contribution in [-0.4, -0.2) is 35.1 Å². The van der Waals surface area contributed by atoms with E-state index < -0.39 is 0 Å². The maximum atomic E-state index is 5.39. The molecule has 3 aromatic heterocycles. The van der Waals surface area contributed by atoms with Gasteiger partial charge in [0, 0.05) is 7.05 Å². The average molecular weight is 321 g/mol. The second kappa shape index (κ2) is 5.73. The van der Waals surface area contributed by atoms with Gasteiger partial charge in [0.05, 0.1) is 17.3 Å². The Balaban J connectivity index is 1.56. The lowest BCUT2D eigenvalue weighted by molar-refractivity contribution is 0.125. The molecule has 0 fully saturated rings. The summed E-state index contributed by atoms with van der Waals surface area (Å²) >= 11 is 0. The fraction of sp³-hybridized carbons (Fsp3) is 0.188. The molecule has 0 unspecified atom stereocenters. The van der Waals surface area contributed by atoms with Gasteiger partial charge < -0.3 is 4.84 Å². The Bertz CT molecular complexity index is 1030. The van der Waals surface area contributed by atoms with Crippen LogP contribution in [0, 0.1) is 0 Å². The van der Waals surface area contributed by atoms with Crippen LogP contribution in [0.4, 0.5) is 0 Å². The Morgan fingerprint density at radius 2 is 2.04 bits per heavy atom. The minimum absolute atomic E-state index is 0.188. The summed E-state index contributed by atoms with van der Waals surface area (Å²) in [5.74, 6) is 0.540. The van der Waals surface area contributed by atoms with Gasteiger partial charge in [-0.25, -0.2) is 14.5 Å². The fourth-order valence-corrected chi connectivity index (χ4v) is 2.46. The first-order valence-corrected chi connectivity index (χ1v) is 7.46. The van der Waals surface area contributed by atoms with E-state index in [0.717, 1.165) is 22.3 Å². The van der Waals surface area contributed by atoms with Crippen LogP contribution >= 0.6 is 0 Å². The predicted molar refractivity (Wildman–Crippen MR) is 88.5 cm³/mol. The van der Waals surface area contributed by atoms with Crippen LogP contribution in [-0.2, 0) is 18.5 Å². The molecule has 0 aliphatic carbocycles. The van der Waals surface area contributed by atoms with E-state index in [1.54, 1.807) is 21.7 Å². The van der Waals surface area contributed by atoms with E-state index in [0.29, 0.717) is 11.5 Å². The molecular weight excluding hydrogens is 306 g/mol. The van der Waals surface area contributed by atoms with Crippen molar-refractivity contribution in [2.24, 2.45) is 12.2 Å². The minimum atomic E-state index is 0.188. The first kappa shape index (κ1) is 14.3. The van der Waals surface area contributed by atoms with Crippen molar-refractivity contribution < 1.29 is 4.84 Å². The lowest BCUT2D eigenvalue weighted by atomic mass is 10.1. The van der Waals surface area contributed by atoms with Crippen molar-refractivity contribution in [1.29, 1.82) is 0 Å². The van der Waals surface area contributed by atoms with E-state index in [4.69, 9.17) is 4.84 Å². The Hall–Kier alpha value is -3.29. The summed E-state index contributed by atoms with van der Waals surface area (Å²) in [6.45, 7) is 2.09. The molecule has 0 aliphatic rings. The fourth-order valence-electron chi connectivity index (χ4n) is 2.46. The van der Waals surface area contributed by atoms with E-state index >= 15 is 0 Å². The molecule has 0 aliphatic heterocycles. The Morgan fingerprint density at radius 1 is 1.21 bits per heavy atom. The van der Waals surface area contributed by atoms with Crippen LogP contribution in [0.5, 0.6) is 0 Å². The van der Waals surface area contributed by atoms with Crippen LogP contribution in [0.2, 0.25) is 0 Å². The van der Waals surface area contributed by atoms with Crippen molar-refractivity contribution >= 4 is 22.4 Å². The van der Waals surface area contributed by atoms with Gasteiger partial charge in [-0.15, -0.1) is 5.10 Å². The number of aromatic nitrogens is 6. The van der Waals surface area contributed by atoms with Gasteiger partial charge in [-0.1, -0.05) is 35.5 Å². The molecule has 0 amide bonds. The summed E-state index contributed by atoms with van der Waals surface area (Å²) in [7, 11) is 1.84. The van der Waals surface area contributed by atoms with Gasteiger partial charge in [-0.05, 0) is 12.5 Å². The molecule has 0 bridgehead atoms. The number of rotatable bonds is 4. The monoisotopic (exact) mass is 321 g/mol. The van der Waals surface area contributed by atoms with Crippen LogP contribution in [0.3, 0.4) is 0 Å². The van der Waals surface area contributed by atoms with Crippen molar-refractivity contribution in [3.05, 3.63) is 54.2 Å². The summed E-state index contributed by atoms with van der Waals surface area (Å²) in [6.07, 6.45) is 3.35. The van der Waals surface area contributed by atoms with E-state index in [1.807, 2.05) is 44.3 Å². The average Bonchev–Trinajstić information content (AvgIpc) is 3.19. The molecule has 4 aromatic rings. The van der Waals surface area contributed by atoms with Crippen LogP contribution in [0.15, 0.2) is 48.0 Å². The topological polar surface area (TPSA) is 82.5 Å². The lowest BCUT2D eigenvalue weighted by Gasteiger charge is -2.00. The summed E-state index contributed by atoms with van der Waals surface area (Å²) in [6, 6.07) is 9.85. The third kappa shape index (κ3) is 2.47. The van der Waals surface area contributed by atoms with Gasteiger partial charge in [0.1, 0.15) is 6.33 Å². The highest BCUT2D eigenvalue weighted by Gasteiger charge is 2.11. The van der Waals surface area contributed by atoms with Gasteiger partial charge in [-0.2, -0.15) is 5.10 Å². The first-order chi connectivity index (χ1) is 11.7. The highest BCUT2D eigenvalue weighted by Crippen LogP contribution is 2.15. The molecule has 3 heterocycles. The second-order valence-electron chi connectivity index (χ2n) is 5.36. The number of hydrogen-bond donors (Lipinski definition) is 0. The standard InChI is InChI=1S/C16H15N7O/c1-11(12-6-4-3-5-7-12)21-24-9-14-19-16-13-8-18-22(2)15(13)17-10-23(16)20-14/h3-8,10H,9H2,1-2H3/b21-11+. The molecule has 0 saturated heterocycles. The normalized spacial score (nSPS) is 12.2. The number of hydrogen-bond acceptors (Lipinski definition) is 6. The summed E-state index contributed by atoms with van der Waals surface area (Å²) in [4.78, 5) is 14.2. The third-order valence-electron chi connectivity index (χ3n) is 3.70. The van der Waals surface area contributed by atoms with E-state index in [2.05, 4.69) is 25.3 Å². The third-order valence-corrected chi connectivity index (χ3v) is 3.70. The van der Waals surface area contributed by atoms with Crippen LogP contribution in [0.25, 0.3) is 16.7 Å². The second-order valence-corrected chi connectivity index (χ2v) is 5.36. The van der Waals surface area contributed by atoms with Crippen molar-refractivity contribution in [2.75, 3.05) is 0 Å². The molecule has 0 N–H and O–H groups in total. The number of oxime groups is 1. The molecule has 24 heavy (non-hydrogen) atoms. The van der Waals surface area contributed by atoms with Crippen molar-refractivity contribution in [3.8, 4) is 0 Å². The molecule has 0 saturated carbocycles. The minimum Gasteiger partial charge on any atom is -0.387 e. The number of fused-ring (bicyclic) bond motifs is 3. The Kier molecular flexibility index (Phi) is 3.42. The van der Waals surface area contributed by atoms with Crippen molar-refractivity contribution in [1.82, 2.24) is 29.4 Å². The molecule has 0 spiro atoms. The molecule has 0 atom stereocenters. The van der Waals surface area contributed by atoms with Crippen molar-refractivity contribution in [3.63, 3.8) is 0 Å². The zero-order chi connectivity index (χ0) is 16.5. The summed E-state index contributed by atoms with van der Waals surface area (Å²) in [5, 5.41) is 13.5. The molecule has 4 rings (SSSR count). The van der Waals surface area contributed by atoms with Crippen LogP contribution < -0.4 is 0 Å². The summed E-state index contributed by atoms with van der Waals surface area (Å²) < 4.78 is 3.32. The molecule has 120 valence electrons. The lowest BCUT2D eigenvalue weighted by Crippen LogP contribution is -1.97. The highest BCUT2D eigenvalue weighted by atomic mass is 16.6. The maximum Gasteiger partial charge on any atom is 0.192 e. The van der Waals surface area contributed by atoms with Gasteiger partial charge in [0.15, 0.2) is 23.7 Å². The summed E-state index contributed by atoms with van der Waals surface area (Å²) in [5.41, 5.74) is 3.29. The van der Waals surface area contributed by atoms with Gasteiger partial charge in [-0.3, -0.25) is 4.68 Å². The first-order valence-electron chi connectivity index (χ1n) is 7.46. The largest absolute Gasteiger partial charge is 0.387 e. The molecule has 1 aromatic carbocycles. The highest BCUT2D eigenvalue weighted by molar-refractivity contribution is 5.98. The number of benzene rings is 1. The van der Waals surface area contributed by atoms with Gasteiger partial charge >= 0.3 is 0 Å². The maximum absolute atomic E-state index is 5.39. The zero-order valence-corrected chi connectivity index (χ0v) is 13.3. The Morgan fingerprint density at radius 3 is 2.88 bits per heavy atom. The molecular formula is C16H15N7O. The zero-order valence-electron chi connectivity index (χ0n) is 13.3. The number of aryl methyl sites for hydroxylation is 1. The Labute approximate surface area is 137 Å². The smallest absolute Gasteiger partial charge is 0.192 e. The molecule has 8 nitrogen and oxygen atoms in total. The predicted octanol–water partition coefficient (Wildman–Crippen LogP) is 1.95. The van der Waals surface area contributed by atoms with Gasteiger partial charge in [0.25, 0.3) is 0 Å². The van der Waals surface area contributed by atoms with E-state index in [-0.39, 0.29) is 6.61 Å². The van der Waals surface area contributed by atoms with Crippen molar-refractivity contribution in [2.45, 2.75) is 13.5 Å². The van der Waals surface area contributed by atoms with E-state index in [1.165, 1.54) is 0 Å². The molecule has 8 heteroatoms. The number of nitrogens with zero attached hydrogens (tertiary/aromatic N) is 7. The van der Waals surface area contributed by atoms with Gasteiger partial charge in [0.2, 0.25) is 0 Å². The van der Waals surface area contributed by atoms with Crippen LogP contribution in [0.1, 0.15) is 18.3 Å². The SMILES string of the molecule is C/C(=N\OCc1nc2c3cnn(C)c3ncn2n1)c1ccccc1. The quantitative estimate of drug-likeness (QED) is 0.424. The molecule has 0 radical (unpaired) electrons. The van der Waals surface area contributed by atoms with E-state index in [9.17, 15) is 0 Å².